The molecule has 0 bridgehead atoms. The third-order valence-electron chi connectivity index (χ3n) is 2.18. The van der Waals surface area contributed by atoms with E-state index in [-0.39, 0.29) is 11.9 Å². The Morgan fingerprint density at radius 3 is 2.89 bits per heavy atom. The van der Waals surface area contributed by atoms with Crippen molar-refractivity contribution in [3.05, 3.63) is 24.2 Å². The molecule has 2 heterocycles. The number of pyridine rings is 1. The second-order valence-corrected chi connectivity index (χ2v) is 3.83. The van der Waals surface area contributed by atoms with Gasteiger partial charge in [0.25, 0.3) is 6.43 Å². The molecule has 0 fully saturated rings. The van der Waals surface area contributed by atoms with Crippen LogP contribution in [-0.2, 0) is 0 Å². The Hall–Kier alpha value is -2.09. The van der Waals surface area contributed by atoms with Gasteiger partial charge in [0.1, 0.15) is 0 Å². The lowest BCUT2D eigenvalue weighted by atomic mass is 10.2. The third-order valence-corrected chi connectivity index (χ3v) is 2.18. The van der Waals surface area contributed by atoms with E-state index in [4.69, 9.17) is 15.0 Å². The predicted octanol–water partition coefficient (Wildman–Crippen LogP) is 1.80. The summed E-state index contributed by atoms with van der Waals surface area (Å²) in [6.45, 7) is 0.995. The van der Waals surface area contributed by atoms with Gasteiger partial charge in [-0.3, -0.25) is 0 Å². The highest BCUT2D eigenvalue weighted by Gasteiger charge is 2.13. The van der Waals surface area contributed by atoms with E-state index in [0.717, 1.165) is 0 Å². The van der Waals surface area contributed by atoms with Crippen molar-refractivity contribution in [2.75, 3.05) is 6.61 Å². The number of hydrogen-bond donors (Lipinski definition) is 1. The molecule has 2 aromatic rings. The Labute approximate surface area is 107 Å². The van der Waals surface area contributed by atoms with Crippen molar-refractivity contribution in [3.63, 3.8) is 0 Å². The lowest BCUT2D eigenvalue weighted by molar-refractivity contribution is 0.0796. The first-order chi connectivity index (χ1) is 9.06. The number of alkyl halides is 2. The van der Waals surface area contributed by atoms with E-state index >= 15 is 0 Å². The number of ether oxygens (including phenoxy) is 1. The Kier molecular flexibility index (Phi) is 4.00. The average Bonchev–Trinajstić information content (AvgIpc) is 2.86. The second-order valence-electron chi connectivity index (χ2n) is 3.83. The van der Waals surface area contributed by atoms with E-state index in [1.54, 1.807) is 13.0 Å². The van der Waals surface area contributed by atoms with E-state index in [9.17, 15) is 8.78 Å². The summed E-state index contributed by atoms with van der Waals surface area (Å²) in [6.07, 6.45) is -1.14. The third kappa shape index (κ3) is 3.44. The summed E-state index contributed by atoms with van der Waals surface area (Å²) in [6, 6.07) is 2.70. The van der Waals surface area contributed by atoms with E-state index in [0.29, 0.717) is 17.3 Å². The first-order valence-corrected chi connectivity index (χ1v) is 5.53. The van der Waals surface area contributed by atoms with Crippen LogP contribution in [0.3, 0.4) is 0 Å². The zero-order valence-electron chi connectivity index (χ0n) is 10.1. The molecule has 2 N–H and O–H groups in total. The maximum Gasteiger partial charge on any atom is 0.272 e. The fraction of sp³-hybridized carbons (Fsp3) is 0.364. The molecular weight excluding hydrogens is 258 g/mol. The first-order valence-electron chi connectivity index (χ1n) is 5.53. The average molecular weight is 270 g/mol. The van der Waals surface area contributed by atoms with Crippen molar-refractivity contribution in [3.8, 4) is 17.3 Å². The molecule has 1 atom stereocenters. The topological polar surface area (TPSA) is 87.1 Å². The lowest BCUT2D eigenvalue weighted by Gasteiger charge is -2.04. The Balaban J connectivity index is 2.17. The molecule has 0 saturated heterocycles. The molecule has 8 heteroatoms. The maximum atomic E-state index is 12.0. The van der Waals surface area contributed by atoms with E-state index in [1.807, 2.05) is 0 Å². The van der Waals surface area contributed by atoms with Crippen LogP contribution in [0.15, 0.2) is 22.9 Å². The highest BCUT2D eigenvalue weighted by Crippen LogP contribution is 2.20. The fourth-order valence-electron chi connectivity index (χ4n) is 1.31. The number of hydrogen-bond acceptors (Lipinski definition) is 6. The van der Waals surface area contributed by atoms with Crippen LogP contribution in [0.5, 0.6) is 5.88 Å². The summed E-state index contributed by atoms with van der Waals surface area (Å²) in [4.78, 5) is 7.89. The van der Waals surface area contributed by atoms with Crippen molar-refractivity contribution in [1.29, 1.82) is 0 Å². The summed E-state index contributed by atoms with van der Waals surface area (Å²) in [5, 5.41) is 3.75. The second kappa shape index (κ2) is 5.70. The van der Waals surface area contributed by atoms with Crippen LogP contribution >= 0.6 is 0 Å². The zero-order chi connectivity index (χ0) is 13.8. The summed E-state index contributed by atoms with van der Waals surface area (Å²) < 4.78 is 33.8. The number of nitrogens with two attached hydrogens (primary N) is 1. The van der Waals surface area contributed by atoms with Gasteiger partial charge >= 0.3 is 0 Å². The molecule has 1 unspecified atom stereocenters. The van der Waals surface area contributed by atoms with Gasteiger partial charge in [0, 0.05) is 17.8 Å². The number of halogens is 2. The quantitative estimate of drug-likeness (QED) is 0.891. The minimum Gasteiger partial charge on any atom is -0.472 e. The zero-order valence-corrected chi connectivity index (χ0v) is 10.1. The van der Waals surface area contributed by atoms with Gasteiger partial charge in [0.2, 0.25) is 17.6 Å². The van der Waals surface area contributed by atoms with Crippen molar-refractivity contribution in [2.45, 2.75) is 19.4 Å². The number of aromatic nitrogens is 3. The van der Waals surface area contributed by atoms with Crippen LogP contribution in [0, 0.1) is 0 Å². The molecule has 2 aromatic heterocycles. The molecule has 0 aliphatic rings. The maximum absolute atomic E-state index is 12.0. The molecule has 0 saturated carbocycles. The van der Waals surface area contributed by atoms with Gasteiger partial charge in [0.15, 0.2) is 6.61 Å². The molecule has 102 valence electrons. The lowest BCUT2D eigenvalue weighted by Crippen LogP contribution is -2.07. The normalized spacial score (nSPS) is 12.7. The summed E-state index contributed by atoms with van der Waals surface area (Å²) in [7, 11) is 0. The SMILES string of the molecule is CC(N)c1nc(-c2ccnc(OCC(F)F)c2)no1. The molecule has 0 aliphatic heterocycles. The summed E-state index contributed by atoms with van der Waals surface area (Å²) in [5.74, 6) is 0.670. The molecule has 0 amide bonds. The van der Waals surface area contributed by atoms with Crippen LogP contribution in [0.1, 0.15) is 18.9 Å². The van der Waals surface area contributed by atoms with Gasteiger partial charge in [-0.2, -0.15) is 4.98 Å². The van der Waals surface area contributed by atoms with Crippen molar-refractivity contribution in [2.24, 2.45) is 5.73 Å². The van der Waals surface area contributed by atoms with Crippen molar-refractivity contribution >= 4 is 0 Å². The van der Waals surface area contributed by atoms with Gasteiger partial charge in [-0.25, -0.2) is 13.8 Å². The fourth-order valence-corrected chi connectivity index (χ4v) is 1.31. The summed E-state index contributed by atoms with van der Waals surface area (Å²) >= 11 is 0. The molecule has 0 aliphatic carbocycles. The Morgan fingerprint density at radius 2 is 2.26 bits per heavy atom. The van der Waals surface area contributed by atoms with E-state index in [2.05, 4.69) is 15.1 Å². The monoisotopic (exact) mass is 270 g/mol. The molecule has 0 radical (unpaired) electrons. The van der Waals surface area contributed by atoms with E-state index < -0.39 is 13.0 Å². The van der Waals surface area contributed by atoms with E-state index in [1.165, 1.54) is 12.3 Å². The van der Waals surface area contributed by atoms with Gasteiger partial charge < -0.3 is 15.0 Å². The van der Waals surface area contributed by atoms with Gasteiger partial charge in [-0.05, 0) is 13.0 Å². The standard InChI is InChI=1S/C11H12F2N4O2/c1-6(14)11-16-10(17-19-11)7-2-3-15-9(4-7)18-5-8(12)13/h2-4,6,8H,5,14H2,1H3. The highest BCUT2D eigenvalue weighted by molar-refractivity contribution is 5.55. The van der Waals surface area contributed by atoms with Gasteiger partial charge in [-0.1, -0.05) is 5.16 Å². The molecule has 2 rings (SSSR count). The Morgan fingerprint density at radius 1 is 1.47 bits per heavy atom. The largest absolute Gasteiger partial charge is 0.472 e. The Bertz CT molecular complexity index is 545. The smallest absolute Gasteiger partial charge is 0.272 e. The van der Waals surface area contributed by atoms with Crippen LogP contribution in [0.4, 0.5) is 8.78 Å². The van der Waals surface area contributed by atoms with Gasteiger partial charge in [-0.15, -0.1) is 0 Å². The highest BCUT2D eigenvalue weighted by atomic mass is 19.3. The van der Waals surface area contributed by atoms with Crippen LogP contribution in [0.2, 0.25) is 0 Å². The molecular formula is C11H12F2N4O2. The predicted molar refractivity (Wildman–Crippen MR) is 61.6 cm³/mol. The minimum atomic E-state index is -2.56. The minimum absolute atomic E-state index is 0.0740. The summed E-state index contributed by atoms with van der Waals surface area (Å²) in [5.41, 5.74) is 6.15. The molecule has 19 heavy (non-hydrogen) atoms. The number of rotatable bonds is 5. The van der Waals surface area contributed by atoms with Crippen molar-refractivity contribution < 1.29 is 18.0 Å². The first kappa shape index (κ1) is 13.3. The molecule has 0 spiro atoms. The molecule has 6 nitrogen and oxygen atoms in total. The molecule has 0 aromatic carbocycles. The number of nitrogens with zero attached hydrogens (tertiary/aromatic N) is 3. The van der Waals surface area contributed by atoms with Crippen molar-refractivity contribution in [1.82, 2.24) is 15.1 Å². The van der Waals surface area contributed by atoms with Crippen LogP contribution in [0.25, 0.3) is 11.4 Å². The van der Waals surface area contributed by atoms with Crippen LogP contribution in [-0.4, -0.2) is 28.2 Å². The van der Waals surface area contributed by atoms with Crippen LogP contribution < -0.4 is 10.5 Å². The van der Waals surface area contributed by atoms with Gasteiger partial charge in [0.05, 0.1) is 6.04 Å².